The van der Waals surface area contributed by atoms with E-state index in [2.05, 4.69) is 31.9 Å². The van der Waals surface area contributed by atoms with E-state index in [0.29, 0.717) is 34.5 Å². The molecule has 0 fully saturated rings. The van der Waals surface area contributed by atoms with Crippen LogP contribution >= 0.6 is 11.6 Å². The lowest BCUT2D eigenvalue weighted by Crippen LogP contribution is -2.25. The lowest BCUT2D eigenvalue weighted by molar-refractivity contribution is 0.277. The van der Waals surface area contributed by atoms with E-state index in [0.717, 1.165) is 56.2 Å². The van der Waals surface area contributed by atoms with Crippen LogP contribution in [-0.2, 0) is 11.2 Å². The van der Waals surface area contributed by atoms with Gasteiger partial charge in [0.1, 0.15) is 5.65 Å². The molecule has 4 rings (SSSR count). The molecule has 2 aromatic carbocycles. The molecule has 0 radical (unpaired) electrons. The lowest BCUT2D eigenvalue weighted by Gasteiger charge is -2.19. The summed E-state index contributed by atoms with van der Waals surface area (Å²) >= 11 is 6.25. The van der Waals surface area contributed by atoms with Crippen LogP contribution in [0.2, 0.25) is 5.02 Å². The number of H-pyrrole nitrogens is 1. The highest BCUT2D eigenvalue weighted by atomic mass is 35.5. The molecule has 0 bridgehead atoms. The smallest absolute Gasteiger partial charge is 0.354 e. The van der Waals surface area contributed by atoms with E-state index in [9.17, 15) is 4.79 Å². The average molecular weight is 641 g/mol. The number of nitrogens with two attached hydrogens (primary N) is 3. The fourth-order valence-electron chi connectivity index (χ4n) is 5.04. The minimum absolute atomic E-state index is 0.0548. The largest absolute Gasteiger partial charge is 0.388 e. The van der Waals surface area contributed by atoms with Gasteiger partial charge in [-0.25, -0.2) is 9.18 Å². The second-order valence-corrected chi connectivity index (χ2v) is 11.6. The third-order valence-corrected chi connectivity index (χ3v) is 7.46. The predicted molar refractivity (Wildman–Crippen MR) is 183 cm³/mol. The Morgan fingerprint density at radius 1 is 1.16 bits per heavy atom. The summed E-state index contributed by atoms with van der Waals surface area (Å²) in [6.07, 6.45) is 7.01. The van der Waals surface area contributed by atoms with Crippen LogP contribution in [0.25, 0.3) is 28.0 Å². The quantitative estimate of drug-likeness (QED) is 0.0718. The Kier molecular flexibility index (Phi) is 14.0. The van der Waals surface area contributed by atoms with E-state index in [4.69, 9.17) is 28.8 Å². The number of benzene rings is 2. The number of guanidine groups is 1. The molecule has 4 aromatic rings. The number of hydrogen-bond donors (Lipinski definition) is 5. The summed E-state index contributed by atoms with van der Waals surface area (Å²) in [5.41, 5.74) is 20.2. The van der Waals surface area contributed by atoms with Crippen molar-refractivity contribution in [1.29, 1.82) is 0 Å². The van der Waals surface area contributed by atoms with E-state index >= 15 is 4.39 Å². The zero-order chi connectivity index (χ0) is 32.9. The maximum Gasteiger partial charge on any atom is 0.354 e. The standard InChI is InChI=1S/C31H40ClFN8O.C2H6O/c1-3-6-26(37-13-5-14-38-30(35)36)21-9-11-23(12-10-21)41-18-22-17-27(39-29(22)40-31(41)42)24-15-20(8-4-7-19(2)34)16-25(32)28(24)33;1-3-2/h9-12,15-19,26,37H,3-8,13-14,34H2,1-2H3,(H4,35,36,38)(H,39,40,42);1-2H3. The number of aliphatic imine (C=N–C) groups is 1. The first kappa shape index (κ1) is 35.7. The van der Waals surface area contributed by atoms with Crippen LogP contribution in [-0.4, -0.2) is 53.8 Å². The minimum Gasteiger partial charge on any atom is -0.388 e. The highest BCUT2D eigenvalue weighted by Gasteiger charge is 2.16. The van der Waals surface area contributed by atoms with E-state index in [1.54, 1.807) is 38.6 Å². The third kappa shape index (κ3) is 10.4. The number of aryl methyl sites for hydroxylation is 1. The van der Waals surface area contributed by atoms with E-state index in [1.807, 2.05) is 31.2 Å². The first-order valence-electron chi connectivity index (χ1n) is 15.2. The molecule has 0 aliphatic heterocycles. The number of nitrogens with one attached hydrogen (secondary N) is 2. The monoisotopic (exact) mass is 640 g/mol. The molecule has 8 N–H and O–H groups in total. The summed E-state index contributed by atoms with van der Waals surface area (Å²) in [7, 11) is 3.25. The molecular formula is C33H46ClFN8O2. The molecule has 45 heavy (non-hydrogen) atoms. The van der Waals surface area contributed by atoms with Crippen LogP contribution in [0.15, 0.2) is 58.4 Å². The van der Waals surface area contributed by atoms with Gasteiger partial charge < -0.3 is 32.2 Å². The molecule has 10 nitrogen and oxygen atoms in total. The van der Waals surface area contributed by atoms with Crippen molar-refractivity contribution in [3.63, 3.8) is 0 Å². The average Bonchev–Trinajstić information content (AvgIpc) is 3.40. The van der Waals surface area contributed by atoms with Crippen LogP contribution in [0.3, 0.4) is 0 Å². The molecule has 2 heterocycles. The van der Waals surface area contributed by atoms with Crippen molar-refractivity contribution in [1.82, 2.24) is 19.9 Å². The normalized spacial score (nSPS) is 12.4. The van der Waals surface area contributed by atoms with Gasteiger partial charge in [-0.05, 0) is 87.0 Å². The van der Waals surface area contributed by atoms with Gasteiger partial charge in [-0.3, -0.25) is 9.56 Å². The molecule has 12 heteroatoms. The maximum atomic E-state index is 15.1. The van der Waals surface area contributed by atoms with Gasteiger partial charge >= 0.3 is 5.69 Å². The van der Waals surface area contributed by atoms with Crippen LogP contribution in [0, 0.1) is 5.82 Å². The van der Waals surface area contributed by atoms with Gasteiger partial charge in [-0.1, -0.05) is 37.1 Å². The number of nitrogens with zero attached hydrogens (tertiary/aromatic N) is 3. The fourth-order valence-corrected chi connectivity index (χ4v) is 5.29. The molecule has 244 valence electrons. The van der Waals surface area contributed by atoms with Crippen molar-refractivity contribution in [2.45, 2.75) is 64.5 Å². The van der Waals surface area contributed by atoms with Crippen LogP contribution in [0.4, 0.5) is 4.39 Å². The van der Waals surface area contributed by atoms with Gasteiger partial charge in [0.2, 0.25) is 0 Å². The van der Waals surface area contributed by atoms with E-state index in [-0.39, 0.29) is 23.1 Å². The number of fused-ring (bicyclic) bond motifs is 1. The van der Waals surface area contributed by atoms with Crippen molar-refractivity contribution >= 4 is 28.6 Å². The number of aromatic amines is 1. The molecule has 0 aliphatic rings. The first-order chi connectivity index (χ1) is 21.6. The number of methoxy groups -OCH3 is 1. The Bertz CT molecular complexity index is 1600. The summed E-state index contributed by atoms with van der Waals surface area (Å²) in [6.45, 7) is 5.46. The molecular weight excluding hydrogens is 595 g/mol. The lowest BCUT2D eigenvalue weighted by atomic mass is 10.0. The van der Waals surface area contributed by atoms with Crippen molar-refractivity contribution in [3.8, 4) is 16.9 Å². The zero-order valence-electron chi connectivity index (χ0n) is 26.6. The van der Waals surface area contributed by atoms with E-state index in [1.165, 1.54) is 4.57 Å². The molecule has 0 spiro atoms. The van der Waals surface area contributed by atoms with Gasteiger partial charge in [-0.2, -0.15) is 4.98 Å². The Labute approximate surface area is 269 Å². The summed E-state index contributed by atoms with van der Waals surface area (Å²) in [4.78, 5) is 24.4. The van der Waals surface area contributed by atoms with Gasteiger partial charge in [-0.15, -0.1) is 0 Å². The molecule has 0 saturated heterocycles. The Hall–Kier alpha value is -3.77. The molecule has 0 aliphatic carbocycles. The second kappa shape index (κ2) is 17.6. The summed E-state index contributed by atoms with van der Waals surface area (Å²) in [5.74, 6) is -0.416. The number of halogens is 2. The van der Waals surface area contributed by atoms with Gasteiger partial charge in [0, 0.05) is 50.0 Å². The Morgan fingerprint density at radius 3 is 2.51 bits per heavy atom. The molecule has 2 atom stereocenters. The molecule has 0 saturated carbocycles. The first-order valence-corrected chi connectivity index (χ1v) is 15.6. The van der Waals surface area contributed by atoms with Crippen molar-refractivity contribution in [3.05, 3.63) is 81.1 Å². The van der Waals surface area contributed by atoms with Crippen molar-refractivity contribution < 1.29 is 9.13 Å². The van der Waals surface area contributed by atoms with E-state index < -0.39 is 11.5 Å². The SMILES string of the molecule is CCCC(NCCCN=C(N)N)c1ccc(-n2cc3cc(-c4cc(CCCC(C)N)cc(Cl)c4F)[nH]c3nc2=O)cc1.COC. The summed E-state index contributed by atoms with van der Waals surface area (Å²) in [6, 6.07) is 13.4. The molecule has 0 amide bonds. The van der Waals surface area contributed by atoms with Crippen LogP contribution < -0.4 is 28.2 Å². The maximum absolute atomic E-state index is 15.1. The number of ether oxygens (including phenoxy) is 1. The fraction of sp³-hybridized carbons (Fsp3) is 0.424. The number of aromatic nitrogens is 3. The van der Waals surface area contributed by atoms with Crippen LogP contribution in [0.1, 0.15) is 63.1 Å². The number of hydrogen-bond acceptors (Lipinski definition) is 6. The molecule has 2 aromatic heterocycles. The predicted octanol–water partition coefficient (Wildman–Crippen LogP) is 5.20. The highest BCUT2D eigenvalue weighted by Crippen LogP contribution is 2.31. The van der Waals surface area contributed by atoms with Gasteiger partial charge in [0.25, 0.3) is 0 Å². The zero-order valence-corrected chi connectivity index (χ0v) is 27.3. The van der Waals surface area contributed by atoms with Crippen LogP contribution in [0.5, 0.6) is 0 Å². The third-order valence-electron chi connectivity index (χ3n) is 7.18. The minimum atomic E-state index is -0.517. The van der Waals surface area contributed by atoms with Crippen molar-refractivity contribution in [2.75, 3.05) is 27.3 Å². The second-order valence-electron chi connectivity index (χ2n) is 11.1. The van der Waals surface area contributed by atoms with Gasteiger partial charge in [0.05, 0.1) is 16.4 Å². The topological polar surface area (TPSA) is 162 Å². The Morgan fingerprint density at radius 2 is 1.87 bits per heavy atom. The van der Waals surface area contributed by atoms with Crippen molar-refractivity contribution in [2.24, 2.45) is 22.2 Å². The summed E-state index contributed by atoms with van der Waals surface area (Å²) < 4.78 is 20.8. The Balaban J connectivity index is 0.00000177. The molecule has 2 unspecified atom stereocenters. The highest BCUT2D eigenvalue weighted by molar-refractivity contribution is 6.31. The van der Waals surface area contributed by atoms with Gasteiger partial charge in [0.15, 0.2) is 11.8 Å². The summed E-state index contributed by atoms with van der Waals surface area (Å²) in [5, 5.41) is 4.30. The number of rotatable bonds is 14.